The van der Waals surface area contributed by atoms with Crippen LogP contribution in [0.5, 0.6) is 0 Å². The molecule has 0 rings (SSSR count). The van der Waals surface area contributed by atoms with E-state index in [0.29, 0.717) is 23.9 Å². The van der Waals surface area contributed by atoms with E-state index >= 15 is 0 Å². The average Bonchev–Trinajstić information content (AvgIpc) is 3.64. The van der Waals surface area contributed by atoms with Crippen molar-refractivity contribution in [1.29, 1.82) is 0 Å². The van der Waals surface area contributed by atoms with Crippen molar-refractivity contribution in [2.24, 2.45) is 0 Å². The number of esters is 2. The van der Waals surface area contributed by atoms with Crippen LogP contribution in [-0.2, 0) is 33.3 Å². The highest BCUT2D eigenvalue weighted by Gasteiger charge is 2.22. The number of aliphatic carboxylic acids is 1. The van der Waals surface area contributed by atoms with E-state index in [1.807, 2.05) is 21.1 Å². The van der Waals surface area contributed by atoms with Gasteiger partial charge in [0.15, 0.2) is 12.4 Å². The number of carbonyl (C=O) groups excluding carboxylic acids is 3. The third-order valence-electron chi connectivity index (χ3n) is 16.6. The van der Waals surface area contributed by atoms with Gasteiger partial charge in [-0.1, -0.05) is 330 Å². The predicted octanol–water partition coefficient (Wildman–Crippen LogP) is 22.5. The van der Waals surface area contributed by atoms with Gasteiger partial charge in [-0.2, -0.15) is 0 Å². The first kappa shape index (κ1) is 85.5. The van der Waals surface area contributed by atoms with E-state index in [2.05, 4.69) is 98.9 Å². The standard InChI is InChI=1S/C80H143NO8/c1-6-8-10-12-14-16-18-20-22-24-26-28-30-32-34-36-37-38-39-40-41-43-45-47-49-51-53-55-57-59-61-63-65-67-69-71-78(83)89-76(75-88-80(79(84)85)86-73-72-81(3,4)5)74-87-77(82)70-68-66-64-62-60-58-56-54-52-50-48-46-44-42-35-33-31-29-27-25-23-21-19-17-15-13-11-9-7-2/h8,10,14,16,19-22,25-28,31,33,76,80H,6-7,9,11-13,15,17-18,23-24,29-30,32,34-75H2,1-5H3/b10-8-,16-14-,21-19-,22-20-,27-25-,28-26-,33-31-. The van der Waals surface area contributed by atoms with Gasteiger partial charge in [-0.15, -0.1) is 0 Å². The maximum Gasteiger partial charge on any atom is 0.306 e. The molecule has 0 bridgehead atoms. The fraction of sp³-hybridized carbons (Fsp3) is 0.787. The molecule has 516 valence electrons. The second-order valence-electron chi connectivity index (χ2n) is 26.6. The van der Waals surface area contributed by atoms with E-state index in [1.165, 1.54) is 244 Å². The Morgan fingerprint density at radius 2 is 0.640 bits per heavy atom. The van der Waals surface area contributed by atoms with Gasteiger partial charge in [0.2, 0.25) is 0 Å². The highest BCUT2D eigenvalue weighted by molar-refractivity contribution is 5.70. The lowest BCUT2D eigenvalue weighted by atomic mass is 10.0. The summed E-state index contributed by atoms with van der Waals surface area (Å²) in [6, 6.07) is 0. The van der Waals surface area contributed by atoms with Gasteiger partial charge >= 0.3 is 11.9 Å². The molecule has 2 unspecified atom stereocenters. The van der Waals surface area contributed by atoms with E-state index in [1.54, 1.807) is 0 Å². The third-order valence-corrected chi connectivity index (χ3v) is 16.6. The number of nitrogens with zero attached hydrogens (tertiary/aromatic N) is 1. The lowest BCUT2D eigenvalue weighted by molar-refractivity contribution is -0.870. The summed E-state index contributed by atoms with van der Waals surface area (Å²) in [4.78, 5) is 37.6. The fourth-order valence-corrected chi connectivity index (χ4v) is 10.9. The summed E-state index contributed by atoms with van der Waals surface area (Å²) in [5, 5.41) is 11.8. The summed E-state index contributed by atoms with van der Waals surface area (Å²) in [5.41, 5.74) is 0. The normalized spacial score (nSPS) is 13.1. The first-order valence-corrected chi connectivity index (χ1v) is 37.7. The Hall–Kier alpha value is -3.53. The molecule has 0 aromatic rings. The molecule has 0 N–H and O–H groups in total. The van der Waals surface area contributed by atoms with Crippen LogP contribution >= 0.6 is 0 Å². The zero-order valence-corrected chi connectivity index (χ0v) is 59.0. The summed E-state index contributed by atoms with van der Waals surface area (Å²) in [7, 11) is 5.94. The number of unbranched alkanes of at least 4 members (excludes halogenated alkanes) is 41. The van der Waals surface area contributed by atoms with E-state index in [4.69, 9.17) is 18.9 Å². The molecular formula is C80H143NO8. The van der Waals surface area contributed by atoms with Crippen molar-refractivity contribution in [1.82, 2.24) is 0 Å². The first-order valence-electron chi connectivity index (χ1n) is 37.7. The van der Waals surface area contributed by atoms with E-state index < -0.39 is 24.3 Å². The number of hydrogen-bond donors (Lipinski definition) is 0. The lowest BCUT2D eigenvalue weighted by Crippen LogP contribution is -2.44. The molecule has 0 saturated carbocycles. The van der Waals surface area contributed by atoms with Crippen molar-refractivity contribution in [3.8, 4) is 0 Å². The predicted molar refractivity (Wildman–Crippen MR) is 380 cm³/mol. The van der Waals surface area contributed by atoms with Crippen LogP contribution in [0.4, 0.5) is 0 Å². The molecule has 89 heavy (non-hydrogen) atoms. The lowest BCUT2D eigenvalue weighted by Gasteiger charge is -2.26. The van der Waals surface area contributed by atoms with E-state index in [-0.39, 0.29) is 32.2 Å². The van der Waals surface area contributed by atoms with Gasteiger partial charge in [-0.05, 0) is 89.9 Å². The van der Waals surface area contributed by atoms with Crippen LogP contribution in [0.3, 0.4) is 0 Å². The third kappa shape index (κ3) is 71.8. The zero-order valence-electron chi connectivity index (χ0n) is 59.0. The van der Waals surface area contributed by atoms with Crippen LogP contribution in [0, 0.1) is 0 Å². The van der Waals surface area contributed by atoms with Crippen LogP contribution < -0.4 is 5.11 Å². The average molecular weight is 1250 g/mol. The van der Waals surface area contributed by atoms with E-state index in [9.17, 15) is 19.5 Å². The summed E-state index contributed by atoms with van der Waals surface area (Å²) in [5.74, 6) is -2.26. The van der Waals surface area contributed by atoms with Crippen molar-refractivity contribution >= 4 is 17.9 Å². The number of rotatable bonds is 70. The van der Waals surface area contributed by atoms with Gasteiger partial charge in [-0.3, -0.25) is 9.59 Å². The summed E-state index contributed by atoms with van der Waals surface area (Å²) in [6.45, 7) is 4.67. The molecule has 0 aromatic heterocycles. The monoisotopic (exact) mass is 1250 g/mol. The topological polar surface area (TPSA) is 111 Å². The largest absolute Gasteiger partial charge is 0.545 e. The number of hydrogen-bond acceptors (Lipinski definition) is 8. The van der Waals surface area contributed by atoms with Crippen LogP contribution in [-0.4, -0.2) is 82.3 Å². The smallest absolute Gasteiger partial charge is 0.306 e. The van der Waals surface area contributed by atoms with Gasteiger partial charge in [0, 0.05) is 12.8 Å². The molecule has 0 radical (unpaired) electrons. The molecule has 0 heterocycles. The van der Waals surface area contributed by atoms with Crippen LogP contribution in [0.25, 0.3) is 0 Å². The SMILES string of the molecule is CC/C=C\C/C=C\C/C=C\C/C=C\CCCCCCCCCCCCCCCCCCCCCCCCC(=O)OC(COC(=O)CCCCCCCCCCCCCCCC/C=C\C/C=C\C/C=C\CCCCCCC)COC(OCC[N+](C)(C)C)C(=O)[O-]. The van der Waals surface area contributed by atoms with Crippen molar-refractivity contribution in [3.05, 3.63) is 85.1 Å². The highest BCUT2D eigenvalue weighted by atomic mass is 16.7. The van der Waals surface area contributed by atoms with Gasteiger partial charge in [-0.25, -0.2) is 0 Å². The van der Waals surface area contributed by atoms with Crippen LogP contribution in [0.2, 0.25) is 0 Å². The Labute approximate surface area is 550 Å². The molecular weight excluding hydrogens is 1100 g/mol. The minimum absolute atomic E-state index is 0.147. The molecule has 0 aliphatic carbocycles. The zero-order chi connectivity index (χ0) is 64.7. The van der Waals surface area contributed by atoms with Crippen molar-refractivity contribution in [2.75, 3.05) is 47.5 Å². The minimum Gasteiger partial charge on any atom is -0.545 e. The Bertz CT molecular complexity index is 1740. The molecule has 0 aliphatic heterocycles. The fourth-order valence-electron chi connectivity index (χ4n) is 10.9. The number of quaternary nitrogens is 1. The van der Waals surface area contributed by atoms with Crippen molar-refractivity contribution in [2.45, 2.75) is 360 Å². The molecule has 0 saturated heterocycles. The Morgan fingerprint density at radius 3 is 0.955 bits per heavy atom. The first-order chi connectivity index (χ1) is 43.6. The second-order valence-corrected chi connectivity index (χ2v) is 26.6. The van der Waals surface area contributed by atoms with Crippen molar-refractivity contribution in [3.63, 3.8) is 0 Å². The van der Waals surface area contributed by atoms with Gasteiger partial charge in [0.05, 0.1) is 40.3 Å². The number of carbonyl (C=O) groups is 3. The number of allylic oxidation sites excluding steroid dienone is 14. The summed E-state index contributed by atoms with van der Waals surface area (Å²) >= 11 is 0. The van der Waals surface area contributed by atoms with Crippen molar-refractivity contribution < 1.29 is 42.9 Å². The molecule has 0 spiro atoms. The summed E-state index contributed by atoms with van der Waals surface area (Å²) in [6.07, 6.45) is 92.6. The maximum atomic E-state index is 13.0. The molecule has 9 heteroatoms. The molecule has 0 fully saturated rings. The Balaban J connectivity index is 4.03. The van der Waals surface area contributed by atoms with Crippen LogP contribution in [0.15, 0.2) is 85.1 Å². The van der Waals surface area contributed by atoms with Gasteiger partial charge in [0.1, 0.15) is 13.2 Å². The van der Waals surface area contributed by atoms with Gasteiger partial charge in [0.25, 0.3) is 0 Å². The number of carboxylic acids is 1. The number of ether oxygens (including phenoxy) is 4. The second kappa shape index (κ2) is 70.3. The molecule has 0 amide bonds. The number of carboxylic acid groups (broad SMARTS) is 1. The van der Waals surface area contributed by atoms with E-state index in [0.717, 1.165) is 70.6 Å². The quantitative estimate of drug-likeness (QED) is 0.0195. The molecule has 0 aliphatic rings. The summed E-state index contributed by atoms with van der Waals surface area (Å²) < 4.78 is 22.9. The maximum absolute atomic E-state index is 13.0. The number of likely N-dealkylation sites (N-methyl/N-ethyl adjacent to an activating group) is 1. The highest BCUT2D eigenvalue weighted by Crippen LogP contribution is 2.18. The Kier molecular flexibility index (Phi) is 67.6. The minimum atomic E-state index is -1.62. The molecule has 9 nitrogen and oxygen atoms in total. The van der Waals surface area contributed by atoms with Gasteiger partial charge < -0.3 is 33.3 Å². The molecule has 2 atom stereocenters. The Morgan fingerprint density at radius 1 is 0.348 bits per heavy atom. The molecule has 0 aromatic carbocycles. The van der Waals surface area contributed by atoms with Crippen LogP contribution in [0.1, 0.15) is 348 Å².